The Morgan fingerprint density at radius 1 is 0.833 bits per heavy atom. The minimum absolute atomic E-state index is 0.0660. The number of carbonyl (C=O) groups is 1. The molecule has 0 aliphatic carbocycles. The number of ether oxygens (including phenoxy) is 1. The fourth-order valence-corrected chi connectivity index (χ4v) is 5.71. The van der Waals surface area contributed by atoms with Gasteiger partial charge in [-0.25, -0.2) is 13.6 Å². The van der Waals surface area contributed by atoms with Crippen molar-refractivity contribution < 1.29 is 18.3 Å². The van der Waals surface area contributed by atoms with Gasteiger partial charge in [0.15, 0.2) is 0 Å². The van der Waals surface area contributed by atoms with E-state index in [0.29, 0.717) is 32.7 Å². The third kappa shape index (κ3) is 6.37. The number of halogens is 6. The average molecular weight is 648 g/mol. The number of hydrogen-bond donors (Lipinski definition) is 1. The number of rotatable bonds is 7. The van der Waals surface area contributed by atoms with Crippen LogP contribution in [0, 0.1) is 11.6 Å². The molecule has 0 saturated heterocycles. The Bertz CT molecular complexity index is 1650. The molecule has 4 aromatic carbocycles. The highest BCUT2D eigenvalue weighted by molar-refractivity contribution is 6.31. The summed E-state index contributed by atoms with van der Waals surface area (Å²) in [6, 6.07) is 22.0. The van der Waals surface area contributed by atoms with Gasteiger partial charge in [0, 0.05) is 33.5 Å². The second-order valence-electron chi connectivity index (χ2n) is 9.60. The van der Waals surface area contributed by atoms with E-state index in [0.717, 1.165) is 11.1 Å². The SMILES string of the molecule is CCOC(=O)C1=C(Nc2ccc(F)c(Cl)c2)CC(c2ccc(Cl)cc2)N(c2ccc(F)c(Cl)c2)C1c1ccc(Cl)cc1. The van der Waals surface area contributed by atoms with Crippen LogP contribution in [-0.4, -0.2) is 12.6 Å². The molecule has 1 N–H and O–H groups in total. The zero-order valence-electron chi connectivity index (χ0n) is 22.2. The summed E-state index contributed by atoms with van der Waals surface area (Å²) in [5, 5.41) is 4.25. The van der Waals surface area contributed by atoms with Crippen LogP contribution in [0.2, 0.25) is 20.1 Å². The Balaban J connectivity index is 1.79. The molecule has 42 heavy (non-hydrogen) atoms. The zero-order valence-corrected chi connectivity index (χ0v) is 25.2. The van der Waals surface area contributed by atoms with E-state index < -0.39 is 29.7 Å². The van der Waals surface area contributed by atoms with Crippen LogP contribution >= 0.6 is 46.4 Å². The highest BCUT2D eigenvalue weighted by atomic mass is 35.5. The Labute approximate surface area is 262 Å². The molecule has 1 aliphatic rings. The summed E-state index contributed by atoms with van der Waals surface area (Å²) in [4.78, 5) is 15.8. The fraction of sp³-hybridized carbons (Fsp3) is 0.156. The van der Waals surface area contributed by atoms with E-state index in [4.69, 9.17) is 51.1 Å². The van der Waals surface area contributed by atoms with Crippen molar-refractivity contribution in [1.29, 1.82) is 0 Å². The first kappa shape index (κ1) is 30.2. The van der Waals surface area contributed by atoms with Crippen molar-refractivity contribution in [3.63, 3.8) is 0 Å². The van der Waals surface area contributed by atoms with E-state index in [1.54, 1.807) is 37.3 Å². The van der Waals surface area contributed by atoms with Crippen LogP contribution < -0.4 is 10.2 Å². The molecule has 4 aromatic rings. The van der Waals surface area contributed by atoms with Crippen LogP contribution in [0.25, 0.3) is 0 Å². The molecule has 0 saturated carbocycles. The van der Waals surface area contributed by atoms with Gasteiger partial charge in [0.25, 0.3) is 0 Å². The van der Waals surface area contributed by atoms with Crippen LogP contribution in [0.4, 0.5) is 20.2 Å². The first-order chi connectivity index (χ1) is 20.2. The molecule has 216 valence electrons. The van der Waals surface area contributed by atoms with Crippen molar-refractivity contribution in [2.24, 2.45) is 0 Å². The zero-order chi connectivity index (χ0) is 30.0. The van der Waals surface area contributed by atoms with Gasteiger partial charge in [0.2, 0.25) is 0 Å². The predicted molar refractivity (Wildman–Crippen MR) is 166 cm³/mol. The number of benzene rings is 4. The smallest absolute Gasteiger partial charge is 0.338 e. The Morgan fingerprint density at radius 3 is 1.98 bits per heavy atom. The van der Waals surface area contributed by atoms with Crippen molar-refractivity contribution in [2.75, 3.05) is 16.8 Å². The summed E-state index contributed by atoms with van der Waals surface area (Å²) in [6.07, 6.45) is 0.282. The first-order valence-corrected chi connectivity index (χ1v) is 14.5. The summed E-state index contributed by atoms with van der Waals surface area (Å²) in [7, 11) is 0. The average Bonchev–Trinajstić information content (AvgIpc) is 2.97. The summed E-state index contributed by atoms with van der Waals surface area (Å²) >= 11 is 24.9. The molecule has 1 aliphatic heterocycles. The molecule has 0 radical (unpaired) electrons. The van der Waals surface area contributed by atoms with Gasteiger partial charge in [-0.05, 0) is 78.7 Å². The molecule has 10 heteroatoms. The lowest BCUT2D eigenvalue weighted by Crippen LogP contribution is -2.41. The third-order valence-electron chi connectivity index (χ3n) is 6.96. The minimum atomic E-state index is -0.740. The summed E-state index contributed by atoms with van der Waals surface area (Å²) in [5.74, 6) is -1.69. The lowest BCUT2D eigenvalue weighted by molar-refractivity contribution is -0.139. The van der Waals surface area contributed by atoms with Gasteiger partial charge in [-0.1, -0.05) is 70.7 Å². The second-order valence-corrected chi connectivity index (χ2v) is 11.3. The van der Waals surface area contributed by atoms with Gasteiger partial charge in [0.05, 0.1) is 34.3 Å². The molecular formula is C32H24Cl4F2N2O2. The van der Waals surface area contributed by atoms with Gasteiger partial charge in [-0.15, -0.1) is 0 Å². The number of nitrogens with one attached hydrogen (secondary N) is 1. The topological polar surface area (TPSA) is 41.6 Å². The van der Waals surface area contributed by atoms with E-state index in [1.807, 2.05) is 29.2 Å². The molecule has 1 heterocycles. The van der Waals surface area contributed by atoms with Gasteiger partial charge in [0.1, 0.15) is 11.6 Å². The quantitative estimate of drug-likeness (QED) is 0.203. The standard InChI is InChI=1S/C32H24Cl4F2N2O2/c1-2-42-32(41)30-28(39-22-11-13-26(37)24(35)15-22)17-29(18-3-7-20(33)8-4-18)40(23-12-14-27(38)25(36)16-23)31(30)19-5-9-21(34)10-6-19/h3-16,29,31,39H,2,17H2,1H3. The van der Waals surface area contributed by atoms with Crippen molar-refractivity contribution in [3.8, 4) is 0 Å². The van der Waals surface area contributed by atoms with E-state index in [2.05, 4.69) is 5.32 Å². The molecule has 0 fully saturated rings. The van der Waals surface area contributed by atoms with Gasteiger partial charge < -0.3 is 15.0 Å². The predicted octanol–water partition coefficient (Wildman–Crippen LogP) is 10.2. The number of anilines is 2. The number of carbonyl (C=O) groups excluding carboxylic acids is 1. The monoisotopic (exact) mass is 646 g/mol. The summed E-state index contributed by atoms with van der Waals surface area (Å²) in [5.41, 5.74) is 3.51. The summed E-state index contributed by atoms with van der Waals surface area (Å²) in [6.45, 7) is 1.85. The lowest BCUT2D eigenvalue weighted by atomic mass is 9.84. The van der Waals surface area contributed by atoms with E-state index in [1.165, 1.54) is 30.3 Å². The maximum absolute atomic E-state index is 14.4. The largest absolute Gasteiger partial charge is 0.463 e. The van der Waals surface area contributed by atoms with Gasteiger partial charge in [-0.2, -0.15) is 0 Å². The van der Waals surface area contributed by atoms with E-state index in [9.17, 15) is 13.6 Å². The lowest BCUT2D eigenvalue weighted by Gasteiger charge is -2.46. The van der Waals surface area contributed by atoms with Crippen LogP contribution in [0.3, 0.4) is 0 Å². The fourth-order valence-electron chi connectivity index (χ4n) is 5.11. The van der Waals surface area contributed by atoms with Crippen molar-refractivity contribution in [2.45, 2.75) is 25.4 Å². The molecule has 0 aromatic heterocycles. The van der Waals surface area contributed by atoms with Gasteiger partial charge in [-0.3, -0.25) is 0 Å². The van der Waals surface area contributed by atoms with Crippen molar-refractivity contribution >= 4 is 63.7 Å². The third-order valence-corrected chi connectivity index (χ3v) is 8.05. The number of hydrogen-bond acceptors (Lipinski definition) is 4. The van der Waals surface area contributed by atoms with Crippen LogP contribution in [0.1, 0.15) is 36.6 Å². The van der Waals surface area contributed by atoms with Crippen LogP contribution in [0.5, 0.6) is 0 Å². The number of esters is 1. The minimum Gasteiger partial charge on any atom is -0.463 e. The highest BCUT2D eigenvalue weighted by Crippen LogP contribution is 2.49. The Hall–Kier alpha value is -3.29. The maximum Gasteiger partial charge on any atom is 0.338 e. The molecule has 0 amide bonds. The van der Waals surface area contributed by atoms with Crippen molar-refractivity contribution in [3.05, 3.63) is 139 Å². The van der Waals surface area contributed by atoms with Crippen molar-refractivity contribution in [1.82, 2.24) is 0 Å². The molecule has 5 rings (SSSR count). The molecule has 2 unspecified atom stereocenters. The maximum atomic E-state index is 14.4. The van der Waals surface area contributed by atoms with Crippen LogP contribution in [-0.2, 0) is 9.53 Å². The molecular weight excluding hydrogens is 624 g/mol. The molecule has 2 atom stereocenters. The van der Waals surface area contributed by atoms with Crippen LogP contribution in [0.15, 0.2) is 96.2 Å². The molecule has 0 spiro atoms. The molecule has 4 nitrogen and oxygen atoms in total. The number of nitrogens with zero attached hydrogens (tertiary/aromatic N) is 1. The second kappa shape index (κ2) is 12.9. The molecule has 0 bridgehead atoms. The highest BCUT2D eigenvalue weighted by Gasteiger charge is 2.42. The normalized spacial score (nSPS) is 16.9. The Morgan fingerprint density at radius 2 is 1.40 bits per heavy atom. The Kier molecular flexibility index (Phi) is 9.28. The van der Waals surface area contributed by atoms with E-state index in [-0.39, 0.29) is 23.1 Å². The summed E-state index contributed by atoms with van der Waals surface area (Å²) < 4.78 is 33.9. The van der Waals surface area contributed by atoms with E-state index >= 15 is 0 Å². The first-order valence-electron chi connectivity index (χ1n) is 13.0. The van der Waals surface area contributed by atoms with Gasteiger partial charge >= 0.3 is 5.97 Å².